The summed E-state index contributed by atoms with van der Waals surface area (Å²) in [6.45, 7) is 0.671. The van der Waals surface area contributed by atoms with Gasteiger partial charge in [-0.25, -0.2) is 4.98 Å². The fourth-order valence-corrected chi connectivity index (χ4v) is 4.25. The van der Waals surface area contributed by atoms with Crippen LogP contribution in [0.25, 0.3) is 10.9 Å². The van der Waals surface area contributed by atoms with Crippen molar-refractivity contribution < 1.29 is 0 Å². The minimum Gasteiger partial charge on any atom is -0.365 e. The molecule has 5 heteroatoms. The Hall–Kier alpha value is -3.11. The van der Waals surface area contributed by atoms with Crippen LogP contribution in [0, 0.1) is 0 Å². The molecule has 5 rings (SSSR count). The van der Waals surface area contributed by atoms with Crippen LogP contribution in [-0.2, 0) is 13.0 Å². The molecular weight excluding hydrogens is 392 g/mol. The quantitative estimate of drug-likeness (QED) is 0.397. The van der Waals surface area contributed by atoms with E-state index >= 15 is 0 Å². The zero-order valence-electron chi connectivity index (χ0n) is 16.6. The van der Waals surface area contributed by atoms with E-state index in [0.717, 1.165) is 40.1 Å². The van der Waals surface area contributed by atoms with Crippen LogP contribution in [0.4, 0.5) is 11.8 Å². The lowest BCUT2D eigenvalue weighted by molar-refractivity contribution is 0.597. The van der Waals surface area contributed by atoms with E-state index in [9.17, 15) is 0 Å². The molecular formula is C25H23ClN4. The third kappa shape index (κ3) is 3.96. The van der Waals surface area contributed by atoms with Crippen LogP contribution in [0.15, 0.2) is 72.8 Å². The highest BCUT2D eigenvalue weighted by molar-refractivity contribution is 6.30. The average Bonchev–Trinajstić information content (AvgIpc) is 2.79. The van der Waals surface area contributed by atoms with Gasteiger partial charge < -0.3 is 10.6 Å². The number of para-hydroxylation sites is 1. The molecule has 0 amide bonds. The second-order valence-corrected chi connectivity index (χ2v) is 8.12. The van der Waals surface area contributed by atoms with Crippen molar-refractivity contribution in [1.29, 1.82) is 0 Å². The summed E-state index contributed by atoms with van der Waals surface area (Å²) in [5, 5.41) is 8.84. The van der Waals surface area contributed by atoms with Crippen LogP contribution in [-0.4, -0.2) is 9.97 Å². The number of anilines is 2. The van der Waals surface area contributed by atoms with Crippen LogP contribution < -0.4 is 10.6 Å². The van der Waals surface area contributed by atoms with E-state index in [-0.39, 0.29) is 6.04 Å². The normalized spacial score (nSPS) is 15.6. The Bertz CT molecular complexity index is 1170. The Balaban J connectivity index is 1.44. The highest BCUT2D eigenvalue weighted by Gasteiger charge is 2.21. The van der Waals surface area contributed by atoms with Gasteiger partial charge in [0.25, 0.3) is 0 Å². The molecule has 0 radical (unpaired) electrons. The number of hydrogen-bond acceptors (Lipinski definition) is 4. The highest BCUT2D eigenvalue weighted by atomic mass is 35.5. The van der Waals surface area contributed by atoms with E-state index in [0.29, 0.717) is 12.5 Å². The van der Waals surface area contributed by atoms with Crippen molar-refractivity contribution in [1.82, 2.24) is 9.97 Å². The van der Waals surface area contributed by atoms with Crippen LogP contribution >= 0.6 is 11.6 Å². The van der Waals surface area contributed by atoms with Gasteiger partial charge in [0, 0.05) is 17.0 Å². The van der Waals surface area contributed by atoms with Crippen molar-refractivity contribution in [2.45, 2.75) is 31.8 Å². The van der Waals surface area contributed by atoms with Crippen molar-refractivity contribution >= 4 is 34.3 Å². The molecule has 3 aromatic carbocycles. The molecule has 0 fully saturated rings. The van der Waals surface area contributed by atoms with Gasteiger partial charge in [-0.15, -0.1) is 0 Å². The number of rotatable bonds is 5. The zero-order chi connectivity index (χ0) is 20.3. The maximum atomic E-state index is 6.01. The van der Waals surface area contributed by atoms with Gasteiger partial charge in [0.1, 0.15) is 5.82 Å². The first-order valence-corrected chi connectivity index (χ1v) is 10.7. The predicted molar refractivity (Wildman–Crippen MR) is 124 cm³/mol. The van der Waals surface area contributed by atoms with Crippen LogP contribution in [0.3, 0.4) is 0 Å². The van der Waals surface area contributed by atoms with Gasteiger partial charge in [-0.05, 0) is 60.2 Å². The summed E-state index contributed by atoms with van der Waals surface area (Å²) >= 11 is 6.01. The standard InChI is InChI=1S/C25H23ClN4/c26-19-14-12-17(13-15-19)16-27-24-21-9-3-4-10-23(21)29-25(30-24)28-22-11-5-7-18-6-1-2-8-20(18)22/h1-4,6,8-10,12-15,22H,5,7,11,16H2,(H2,27,28,29,30)/t22-/m1/s1. The van der Waals surface area contributed by atoms with Gasteiger partial charge >= 0.3 is 0 Å². The molecule has 30 heavy (non-hydrogen) atoms. The molecule has 4 aromatic rings. The molecule has 0 spiro atoms. The summed E-state index contributed by atoms with van der Waals surface area (Å²) in [7, 11) is 0. The van der Waals surface area contributed by atoms with Gasteiger partial charge in [-0.1, -0.05) is 60.1 Å². The number of aromatic nitrogens is 2. The number of aryl methyl sites for hydroxylation is 1. The van der Waals surface area contributed by atoms with E-state index in [4.69, 9.17) is 21.6 Å². The van der Waals surface area contributed by atoms with Crippen LogP contribution in [0.1, 0.15) is 35.6 Å². The molecule has 1 aliphatic carbocycles. The topological polar surface area (TPSA) is 49.8 Å². The Morgan fingerprint density at radius 1 is 0.900 bits per heavy atom. The van der Waals surface area contributed by atoms with E-state index in [1.54, 1.807) is 0 Å². The number of halogens is 1. The van der Waals surface area contributed by atoms with E-state index < -0.39 is 0 Å². The third-order valence-electron chi connectivity index (χ3n) is 5.65. The van der Waals surface area contributed by atoms with E-state index in [1.807, 2.05) is 42.5 Å². The number of benzene rings is 3. The monoisotopic (exact) mass is 414 g/mol. The van der Waals surface area contributed by atoms with Crippen molar-refractivity contribution in [3.8, 4) is 0 Å². The fourth-order valence-electron chi connectivity index (χ4n) is 4.12. The molecule has 2 N–H and O–H groups in total. The number of nitrogens with one attached hydrogen (secondary N) is 2. The molecule has 1 atom stereocenters. The second kappa shape index (κ2) is 8.33. The molecule has 0 saturated heterocycles. The van der Waals surface area contributed by atoms with Gasteiger partial charge in [0.05, 0.1) is 11.6 Å². The Morgan fingerprint density at radius 3 is 2.60 bits per heavy atom. The lowest BCUT2D eigenvalue weighted by Crippen LogP contribution is -2.19. The summed E-state index contributed by atoms with van der Waals surface area (Å²) in [6, 6.07) is 24.9. The van der Waals surface area contributed by atoms with Crippen LogP contribution in [0.2, 0.25) is 5.02 Å². The first kappa shape index (κ1) is 18.9. The summed E-state index contributed by atoms with van der Waals surface area (Å²) in [5.74, 6) is 1.50. The molecule has 1 aliphatic rings. The Morgan fingerprint density at radius 2 is 1.70 bits per heavy atom. The van der Waals surface area contributed by atoms with Gasteiger partial charge in [0.15, 0.2) is 0 Å². The Labute approximate surface area is 181 Å². The summed E-state index contributed by atoms with van der Waals surface area (Å²) in [4.78, 5) is 9.63. The van der Waals surface area contributed by atoms with Gasteiger partial charge in [0.2, 0.25) is 5.95 Å². The fraction of sp³-hybridized carbons (Fsp3) is 0.200. The van der Waals surface area contributed by atoms with Crippen molar-refractivity contribution in [2.24, 2.45) is 0 Å². The molecule has 150 valence electrons. The number of nitrogens with zero attached hydrogens (tertiary/aromatic N) is 2. The maximum absolute atomic E-state index is 6.01. The first-order valence-electron chi connectivity index (χ1n) is 10.4. The zero-order valence-corrected chi connectivity index (χ0v) is 17.4. The van der Waals surface area contributed by atoms with Crippen molar-refractivity contribution in [2.75, 3.05) is 10.6 Å². The van der Waals surface area contributed by atoms with E-state index in [1.165, 1.54) is 17.5 Å². The van der Waals surface area contributed by atoms with Crippen LogP contribution in [0.5, 0.6) is 0 Å². The molecule has 0 unspecified atom stereocenters. The molecule has 1 aromatic heterocycles. The SMILES string of the molecule is Clc1ccc(CNc2nc(N[C@@H]3CCCc4ccccc43)nc3ccccc23)cc1. The van der Waals surface area contributed by atoms with Crippen molar-refractivity contribution in [3.05, 3.63) is 94.5 Å². The lowest BCUT2D eigenvalue weighted by Gasteiger charge is -2.26. The molecule has 0 aliphatic heterocycles. The predicted octanol–water partition coefficient (Wildman–Crippen LogP) is 6.38. The summed E-state index contributed by atoms with van der Waals surface area (Å²) in [6.07, 6.45) is 3.39. The minimum atomic E-state index is 0.236. The average molecular weight is 415 g/mol. The number of hydrogen-bond donors (Lipinski definition) is 2. The maximum Gasteiger partial charge on any atom is 0.225 e. The number of fused-ring (bicyclic) bond motifs is 2. The first-order chi connectivity index (χ1) is 14.8. The highest BCUT2D eigenvalue weighted by Crippen LogP contribution is 2.32. The second-order valence-electron chi connectivity index (χ2n) is 7.68. The van der Waals surface area contributed by atoms with Crippen molar-refractivity contribution in [3.63, 3.8) is 0 Å². The van der Waals surface area contributed by atoms with Gasteiger partial charge in [-0.2, -0.15) is 4.98 Å². The Kier molecular flexibility index (Phi) is 5.24. The largest absolute Gasteiger partial charge is 0.365 e. The van der Waals surface area contributed by atoms with E-state index in [2.05, 4.69) is 41.0 Å². The third-order valence-corrected chi connectivity index (χ3v) is 5.90. The lowest BCUT2D eigenvalue weighted by atomic mass is 9.88. The smallest absolute Gasteiger partial charge is 0.225 e. The summed E-state index contributed by atoms with van der Waals surface area (Å²) < 4.78 is 0. The van der Waals surface area contributed by atoms with Gasteiger partial charge in [-0.3, -0.25) is 0 Å². The molecule has 4 nitrogen and oxygen atoms in total. The molecule has 1 heterocycles. The minimum absolute atomic E-state index is 0.236. The molecule has 0 saturated carbocycles. The summed E-state index contributed by atoms with van der Waals surface area (Å²) in [5.41, 5.74) is 4.86. The molecule has 0 bridgehead atoms.